The number of morpholine rings is 1. The minimum atomic E-state index is -0.491. The van der Waals surface area contributed by atoms with Crippen LogP contribution in [0.2, 0.25) is 10.0 Å². The molecule has 10 nitrogen and oxygen atoms in total. The van der Waals surface area contributed by atoms with E-state index in [0.29, 0.717) is 67.7 Å². The summed E-state index contributed by atoms with van der Waals surface area (Å²) in [7, 11) is 3.24. The molecule has 262 valence electrons. The highest BCUT2D eigenvalue weighted by molar-refractivity contribution is 6.35. The average molecular weight is 719 g/mol. The molecule has 6 rings (SSSR count). The van der Waals surface area contributed by atoms with Crippen LogP contribution in [0.3, 0.4) is 0 Å². The third-order valence-corrected chi connectivity index (χ3v) is 10.2. The second-order valence-corrected chi connectivity index (χ2v) is 13.4. The number of anilines is 2. The van der Waals surface area contributed by atoms with E-state index in [0.717, 1.165) is 66.6 Å². The maximum absolute atomic E-state index is 14.3. The maximum atomic E-state index is 14.3. The molecule has 5 aromatic rings. The zero-order chi connectivity index (χ0) is 35.7. The van der Waals surface area contributed by atoms with Crippen LogP contribution in [-0.2, 0) is 22.9 Å². The number of ether oxygens (including phenoxy) is 3. The number of rotatable bonds is 10. The number of fused-ring (bicyclic) bond motifs is 1. The molecule has 0 unspecified atom stereocenters. The molecule has 0 radical (unpaired) electrons. The zero-order valence-corrected chi connectivity index (χ0v) is 30.6. The molecule has 1 amide bonds. The van der Waals surface area contributed by atoms with Gasteiger partial charge in [0.15, 0.2) is 0 Å². The number of hydrogen-bond donors (Lipinski definition) is 2. The molecule has 0 spiro atoms. The Morgan fingerprint density at radius 1 is 1.00 bits per heavy atom. The fourth-order valence-electron chi connectivity index (χ4n) is 6.67. The van der Waals surface area contributed by atoms with Crippen LogP contribution in [0.5, 0.6) is 5.75 Å². The molecule has 0 bridgehead atoms. The topological polar surface area (TPSA) is 111 Å². The van der Waals surface area contributed by atoms with E-state index >= 15 is 0 Å². The van der Waals surface area contributed by atoms with Crippen LogP contribution in [-0.4, -0.2) is 66.7 Å². The molecule has 1 aliphatic heterocycles. The standard InChI is InChI=1S/C38H41Cl2N5O5/c1-21-16-28(17-22(2)34(21)40)50-13-7-8-29-30-9-10-31(39)33(32-23(3)43-44(5)24(32)4)35(30)42-36(29)37(46)41-26-18-25(38(47)48-6)19-27(20-26)45-11-14-49-15-12-45/h9-10,16-20,42H,7-8,11-15H2,1-6H3,(H,41,46). The Labute approximate surface area is 301 Å². The van der Waals surface area contributed by atoms with Gasteiger partial charge in [0, 0.05) is 58.7 Å². The number of esters is 1. The second-order valence-electron chi connectivity index (χ2n) is 12.6. The van der Waals surface area contributed by atoms with Crippen LogP contribution in [0.1, 0.15) is 55.3 Å². The van der Waals surface area contributed by atoms with Crippen LogP contribution in [0.4, 0.5) is 11.4 Å². The van der Waals surface area contributed by atoms with Crippen molar-refractivity contribution < 1.29 is 23.8 Å². The Bertz CT molecular complexity index is 2070. The first-order valence-electron chi connectivity index (χ1n) is 16.6. The number of aromatic nitrogens is 3. The van der Waals surface area contributed by atoms with Gasteiger partial charge in [0.2, 0.25) is 0 Å². The van der Waals surface area contributed by atoms with Gasteiger partial charge >= 0.3 is 5.97 Å². The summed E-state index contributed by atoms with van der Waals surface area (Å²) in [6.07, 6.45) is 1.18. The number of nitrogens with zero attached hydrogens (tertiary/aromatic N) is 3. The SMILES string of the molecule is COC(=O)c1cc(NC(=O)c2[nH]c3c(-c4c(C)nn(C)c4C)c(Cl)ccc3c2CCCOc2cc(C)c(Cl)c(C)c2)cc(N2CCOCC2)c1. The van der Waals surface area contributed by atoms with E-state index in [-0.39, 0.29) is 5.91 Å². The highest BCUT2D eigenvalue weighted by Gasteiger charge is 2.25. The first-order chi connectivity index (χ1) is 24.0. The number of methoxy groups -OCH3 is 1. The number of H-pyrrole nitrogens is 1. The van der Waals surface area contributed by atoms with Crippen molar-refractivity contribution in [2.45, 2.75) is 40.5 Å². The lowest BCUT2D eigenvalue weighted by atomic mass is 9.98. The average Bonchev–Trinajstić information content (AvgIpc) is 3.60. The zero-order valence-electron chi connectivity index (χ0n) is 29.1. The number of hydrogen-bond acceptors (Lipinski definition) is 7. The van der Waals surface area contributed by atoms with Gasteiger partial charge in [0.05, 0.1) is 48.7 Å². The van der Waals surface area contributed by atoms with Crippen molar-refractivity contribution in [2.75, 3.05) is 50.2 Å². The number of aryl methyl sites for hydroxylation is 5. The second kappa shape index (κ2) is 14.8. The summed E-state index contributed by atoms with van der Waals surface area (Å²) in [6, 6.07) is 13.0. The van der Waals surface area contributed by atoms with Crippen LogP contribution in [0.15, 0.2) is 42.5 Å². The fourth-order valence-corrected chi connectivity index (χ4v) is 7.03. The van der Waals surface area contributed by atoms with Gasteiger partial charge in [-0.25, -0.2) is 4.79 Å². The van der Waals surface area contributed by atoms with Gasteiger partial charge in [-0.15, -0.1) is 0 Å². The molecular formula is C38H41Cl2N5O5. The number of nitrogens with one attached hydrogen (secondary N) is 2. The Morgan fingerprint density at radius 2 is 1.72 bits per heavy atom. The predicted molar refractivity (Wildman–Crippen MR) is 198 cm³/mol. The molecule has 1 fully saturated rings. The van der Waals surface area contributed by atoms with Crippen LogP contribution >= 0.6 is 23.2 Å². The van der Waals surface area contributed by atoms with Crippen LogP contribution in [0, 0.1) is 27.7 Å². The van der Waals surface area contributed by atoms with Gasteiger partial charge in [-0.3, -0.25) is 9.48 Å². The van der Waals surface area contributed by atoms with Crippen molar-refractivity contribution >= 4 is 57.4 Å². The highest BCUT2D eigenvalue weighted by Crippen LogP contribution is 2.40. The number of carbonyl (C=O) groups is 2. The molecule has 1 aliphatic rings. The monoisotopic (exact) mass is 717 g/mol. The van der Waals surface area contributed by atoms with Crippen molar-refractivity contribution in [1.82, 2.24) is 14.8 Å². The predicted octanol–water partition coefficient (Wildman–Crippen LogP) is 8.00. The normalized spacial score (nSPS) is 13.2. The molecule has 0 atom stereocenters. The van der Waals surface area contributed by atoms with Crippen molar-refractivity contribution in [3.05, 3.63) is 91.8 Å². The van der Waals surface area contributed by atoms with Crippen molar-refractivity contribution in [3.63, 3.8) is 0 Å². The smallest absolute Gasteiger partial charge is 0.337 e. The summed E-state index contributed by atoms with van der Waals surface area (Å²) in [5.41, 5.74) is 8.99. The first-order valence-corrected chi connectivity index (χ1v) is 17.3. The van der Waals surface area contributed by atoms with Gasteiger partial charge in [0.1, 0.15) is 11.4 Å². The van der Waals surface area contributed by atoms with E-state index in [2.05, 4.69) is 20.3 Å². The van der Waals surface area contributed by atoms with E-state index in [1.54, 1.807) is 12.1 Å². The molecule has 3 heterocycles. The minimum Gasteiger partial charge on any atom is -0.494 e. The number of carbonyl (C=O) groups excluding carboxylic acids is 2. The number of halogens is 2. The summed E-state index contributed by atoms with van der Waals surface area (Å²) >= 11 is 13.3. The third-order valence-electron chi connectivity index (χ3n) is 9.24. The summed E-state index contributed by atoms with van der Waals surface area (Å²) in [5, 5.41) is 9.86. The molecule has 12 heteroatoms. The van der Waals surface area contributed by atoms with Crippen LogP contribution < -0.4 is 15.0 Å². The van der Waals surface area contributed by atoms with Crippen molar-refractivity contribution in [3.8, 4) is 16.9 Å². The molecule has 1 saturated heterocycles. The molecular weight excluding hydrogens is 677 g/mol. The van der Waals surface area contributed by atoms with Gasteiger partial charge in [-0.1, -0.05) is 29.3 Å². The maximum Gasteiger partial charge on any atom is 0.337 e. The molecule has 2 N–H and O–H groups in total. The fraction of sp³-hybridized carbons (Fsp3) is 0.342. The van der Waals surface area contributed by atoms with E-state index in [4.69, 9.17) is 37.4 Å². The Balaban J connectivity index is 1.38. The van der Waals surface area contributed by atoms with Gasteiger partial charge < -0.3 is 29.4 Å². The van der Waals surface area contributed by atoms with Crippen molar-refractivity contribution in [2.24, 2.45) is 7.05 Å². The number of benzene rings is 3. The molecule has 0 aliphatic carbocycles. The third kappa shape index (κ3) is 7.06. The minimum absolute atomic E-state index is 0.338. The quantitative estimate of drug-likeness (QED) is 0.111. The summed E-state index contributed by atoms with van der Waals surface area (Å²) < 4.78 is 18.5. The summed E-state index contributed by atoms with van der Waals surface area (Å²) in [5.74, 6) is -0.0911. The van der Waals surface area contributed by atoms with Crippen LogP contribution in [0.25, 0.3) is 22.0 Å². The van der Waals surface area contributed by atoms with Gasteiger partial charge in [0.25, 0.3) is 5.91 Å². The summed E-state index contributed by atoms with van der Waals surface area (Å²) in [4.78, 5) is 32.5. The lowest BCUT2D eigenvalue weighted by Crippen LogP contribution is -2.36. The summed E-state index contributed by atoms with van der Waals surface area (Å²) in [6.45, 7) is 10.8. The van der Waals surface area contributed by atoms with Gasteiger partial charge in [-0.05, 0) is 93.6 Å². The Morgan fingerprint density at radius 3 is 2.38 bits per heavy atom. The number of amides is 1. The highest BCUT2D eigenvalue weighted by atomic mass is 35.5. The molecule has 0 saturated carbocycles. The lowest BCUT2D eigenvalue weighted by molar-refractivity contribution is 0.0600. The van der Waals surface area contributed by atoms with Gasteiger partial charge in [-0.2, -0.15) is 5.10 Å². The lowest BCUT2D eigenvalue weighted by Gasteiger charge is -2.29. The van der Waals surface area contributed by atoms with E-state index in [1.165, 1.54) is 7.11 Å². The molecule has 2 aromatic heterocycles. The van der Waals surface area contributed by atoms with E-state index in [9.17, 15) is 9.59 Å². The van der Waals surface area contributed by atoms with Crippen molar-refractivity contribution in [1.29, 1.82) is 0 Å². The van der Waals surface area contributed by atoms with E-state index < -0.39 is 5.97 Å². The molecule has 50 heavy (non-hydrogen) atoms. The molecule has 3 aromatic carbocycles. The first kappa shape index (κ1) is 35.3. The van der Waals surface area contributed by atoms with E-state index in [1.807, 2.05) is 69.8 Å². The number of aromatic amines is 1. The largest absolute Gasteiger partial charge is 0.494 e. The Hall–Kier alpha value is -4.51. The Kier molecular flexibility index (Phi) is 10.4.